The molecule has 0 aliphatic carbocycles. The third-order valence-electron chi connectivity index (χ3n) is 5.53. The number of carbonyl (C=O) groups excluding carboxylic acids is 2. The Morgan fingerprint density at radius 2 is 1.85 bits per heavy atom. The Morgan fingerprint density at radius 1 is 1.09 bits per heavy atom. The van der Waals surface area contributed by atoms with E-state index in [0.29, 0.717) is 28.1 Å². The van der Waals surface area contributed by atoms with Gasteiger partial charge in [0.2, 0.25) is 5.91 Å². The molecule has 2 aromatic carbocycles. The van der Waals surface area contributed by atoms with E-state index >= 15 is 0 Å². The Labute approximate surface area is 201 Å². The van der Waals surface area contributed by atoms with E-state index in [9.17, 15) is 14.4 Å². The van der Waals surface area contributed by atoms with Crippen LogP contribution in [0.3, 0.4) is 0 Å². The average Bonchev–Trinajstić information content (AvgIpc) is 3.26. The predicted molar refractivity (Wildman–Crippen MR) is 134 cm³/mol. The lowest BCUT2D eigenvalue weighted by Gasteiger charge is -2.09. The van der Waals surface area contributed by atoms with Gasteiger partial charge in [-0.15, -0.1) is 11.3 Å². The third kappa shape index (κ3) is 4.92. The number of hydrogen-bond acceptors (Lipinski definition) is 6. The van der Waals surface area contributed by atoms with Crippen LogP contribution < -0.4 is 10.9 Å². The molecule has 0 saturated carbocycles. The van der Waals surface area contributed by atoms with Gasteiger partial charge in [0.05, 0.1) is 23.9 Å². The van der Waals surface area contributed by atoms with Crippen LogP contribution in [-0.4, -0.2) is 28.0 Å². The van der Waals surface area contributed by atoms with Crippen molar-refractivity contribution in [1.82, 2.24) is 9.55 Å². The van der Waals surface area contributed by atoms with Crippen molar-refractivity contribution in [3.63, 3.8) is 0 Å². The number of fused-ring (bicyclic) bond motifs is 1. The van der Waals surface area contributed by atoms with Gasteiger partial charge in [-0.1, -0.05) is 25.1 Å². The van der Waals surface area contributed by atoms with Gasteiger partial charge in [-0.3, -0.25) is 14.2 Å². The standard InChI is InChI=1S/C26H25N3O4S/c1-4-11-33-26(32)18-7-9-20(10-8-18)28-22(30)13-29-15-27-24-23(25(29)31)21(14-34-24)19-6-5-16(2)17(3)12-19/h5-10,12,14-15H,4,11,13H2,1-3H3,(H,28,30). The quantitative estimate of drug-likeness (QED) is 0.382. The maximum atomic E-state index is 13.2. The van der Waals surface area contributed by atoms with E-state index < -0.39 is 5.97 Å². The molecule has 1 amide bonds. The van der Waals surface area contributed by atoms with Crippen LogP contribution in [0.4, 0.5) is 5.69 Å². The van der Waals surface area contributed by atoms with Gasteiger partial charge in [0.1, 0.15) is 11.4 Å². The molecule has 0 saturated heterocycles. The summed E-state index contributed by atoms with van der Waals surface area (Å²) in [5.41, 5.74) is 4.77. The predicted octanol–water partition coefficient (Wildman–Crippen LogP) is 4.95. The SMILES string of the molecule is CCCOC(=O)c1ccc(NC(=O)Cn2cnc3scc(-c4ccc(C)c(C)c4)c3c2=O)cc1. The Bertz CT molecular complexity index is 1420. The number of aryl methyl sites for hydroxylation is 2. The number of carbonyl (C=O) groups is 2. The molecule has 7 nitrogen and oxygen atoms in total. The topological polar surface area (TPSA) is 90.3 Å². The molecule has 0 fully saturated rings. The normalized spacial score (nSPS) is 10.9. The average molecular weight is 476 g/mol. The van der Waals surface area contributed by atoms with Crippen LogP contribution in [-0.2, 0) is 16.1 Å². The lowest BCUT2D eigenvalue weighted by Crippen LogP contribution is -2.27. The zero-order valence-corrected chi connectivity index (χ0v) is 20.1. The van der Waals surface area contributed by atoms with Crippen LogP contribution in [0.1, 0.15) is 34.8 Å². The number of hydrogen-bond donors (Lipinski definition) is 1. The monoisotopic (exact) mass is 475 g/mol. The van der Waals surface area contributed by atoms with Crippen LogP contribution in [0, 0.1) is 13.8 Å². The number of ether oxygens (including phenoxy) is 1. The number of nitrogens with zero attached hydrogens (tertiary/aromatic N) is 2. The molecule has 0 radical (unpaired) electrons. The maximum absolute atomic E-state index is 13.2. The molecule has 34 heavy (non-hydrogen) atoms. The van der Waals surface area contributed by atoms with E-state index in [4.69, 9.17) is 4.74 Å². The fourth-order valence-electron chi connectivity index (χ4n) is 3.52. The summed E-state index contributed by atoms with van der Waals surface area (Å²) in [5, 5.41) is 5.20. The first-order valence-corrected chi connectivity index (χ1v) is 11.9. The van der Waals surface area contributed by atoms with Crippen molar-refractivity contribution >= 4 is 39.1 Å². The number of benzene rings is 2. The Hall–Kier alpha value is -3.78. The second-order valence-corrected chi connectivity index (χ2v) is 8.93. The molecular weight excluding hydrogens is 450 g/mol. The van der Waals surface area contributed by atoms with E-state index in [1.54, 1.807) is 24.3 Å². The molecule has 0 aliphatic rings. The zero-order valence-electron chi connectivity index (χ0n) is 19.3. The minimum Gasteiger partial charge on any atom is -0.462 e. The summed E-state index contributed by atoms with van der Waals surface area (Å²) in [6, 6.07) is 12.5. The number of rotatable bonds is 7. The summed E-state index contributed by atoms with van der Waals surface area (Å²) in [5.74, 6) is -0.770. The number of thiophene rings is 1. The molecule has 2 heterocycles. The Balaban J connectivity index is 1.52. The second kappa shape index (κ2) is 10.0. The fourth-order valence-corrected chi connectivity index (χ4v) is 4.43. The first-order valence-electron chi connectivity index (χ1n) is 11.0. The van der Waals surface area contributed by atoms with Crippen molar-refractivity contribution in [3.05, 3.63) is 81.2 Å². The van der Waals surface area contributed by atoms with E-state index in [1.807, 2.05) is 38.3 Å². The van der Waals surface area contributed by atoms with Crippen molar-refractivity contribution in [1.29, 1.82) is 0 Å². The highest BCUT2D eigenvalue weighted by molar-refractivity contribution is 7.17. The van der Waals surface area contributed by atoms with Gasteiger partial charge in [0.15, 0.2) is 0 Å². The lowest BCUT2D eigenvalue weighted by atomic mass is 10.0. The van der Waals surface area contributed by atoms with Gasteiger partial charge >= 0.3 is 5.97 Å². The summed E-state index contributed by atoms with van der Waals surface area (Å²) in [6.45, 7) is 6.19. The third-order valence-corrected chi connectivity index (χ3v) is 6.42. The summed E-state index contributed by atoms with van der Waals surface area (Å²) in [7, 11) is 0. The molecule has 0 atom stereocenters. The summed E-state index contributed by atoms with van der Waals surface area (Å²) < 4.78 is 6.41. The Morgan fingerprint density at radius 3 is 2.56 bits per heavy atom. The van der Waals surface area contributed by atoms with Crippen molar-refractivity contribution < 1.29 is 14.3 Å². The molecule has 8 heteroatoms. The Kier molecular flexibility index (Phi) is 6.88. The van der Waals surface area contributed by atoms with Crippen LogP contribution in [0.5, 0.6) is 0 Å². The van der Waals surface area contributed by atoms with E-state index in [2.05, 4.69) is 16.4 Å². The highest BCUT2D eigenvalue weighted by Crippen LogP contribution is 2.31. The van der Waals surface area contributed by atoms with Crippen LogP contribution in [0.15, 0.2) is 59.0 Å². The zero-order chi connectivity index (χ0) is 24.2. The fraction of sp³-hybridized carbons (Fsp3) is 0.231. The smallest absolute Gasteiger partial charge is 0.338 e. The van der Waals surface area contributed by atoms with Crippen LogP contribution >= 0.6 is 11.3 Å². The van der Waals surface area contributed by atoms with Crippen LogP contribution in [0.2, 0.25) is 0 Å². The van der Waals surface area contributed by atoms with E-state index in [-0.39, 0.29) is 18.0 Å². The largest absolute Gasteiger partial charge is 0.462 e. The number of esters is 1. The van der Waals surface area contributed by atoms with Crippen molar-refractivity contribution in [2.45, 2.75) is 33.7 Å². The molecule has 0 unspecified atom stereocenters. The van der Waals surface area contributed by atoms with Gasteiger partial charge in [0, 0.05) is 16.6 Å². The molecule has 4 aromatic rings. The molecule has 2 aromatic heterocycles. The lowest BCUT2D eigenvalue weighted by molar-refractivity contribution is -0.116. The highest BCUT2D eigenvalue weighted by atomic mass is 32.1. The minimum absolute atomic E-state index is 0.176. The van der Waals surface area contributed by atoms with Crippen molar-refractivity contribution in [2.75, 3.05) is 11.9 Å². The van der Waals surface area contributed by atoms with E-state index in [0.717, 1.165) is 23.1 Å². The second-order valence-electron chi connectivity index (χ2n) is 8.07. The molecule has 0 aliphatic heterocycles. The first-order chi connectivity index (χ1) is 16.4. The molecule has 174 valence electrons. The maximum Gasteiger partial charge on any atom is 0.338 e. The number of nitrogens with one attached hydrogen (secondary N) is 1. The summed E-state index contributed by atoms with van der Waals surface area (Å²) in [6.07, 6.45) is 2.15. The molecule has 0 spiro atoms. The molecule has 4 rings (SSSR count). The van der Waals surface area contributed by atoms with Gasteiger partial charge in [0.25, 0.3) is 5.56 Å². The first kappa shape index (κ1) is 23.4. The van der Waals surface area contributed by atoms with Gasteiger partial charge in [-0.25, -0.2) is 9.78 Å². The van der Waals surface area contributed by atoms with Crippen molar-refractivity contribution in [3.8, 4) is 11.1 Å². The van der Waals surface area contributed by atoms with Gasteiger partial charge in [-0.2, -0.15) is 0 Å². The van der Waals surface area contributed by atoms with Crippen LogP contribution in [0.25, 0.3) is 21.3 Å². The minimum atomic E-state index is -0.402. The van der Waals surface area contributed by atoms with Gasteiger partial charge < -0.3 is 10.1 Å². The number of amides is 1. The highest BCUT2D eigenvalue weighted by Gasteiger charge is 2.15. The number of aromatic nitrogens is 2. The molecular formula is C26H25N3O4S. The number of anilines is 1. The molecule has 0 bridgehead atoms. The summed E-state index contributed by atoms with van der Waals surface area (Å²) in [4.78, 5) is 42.8. The molecule has 1 N–H and O–H groups in total. The van der Waals surface area contributed by atoms with E-state index in [1.165, 1.54) is 27.8 Å². The van der Waals surface area contributed by atoms with Crippen molar-refractivity contribution in [2.24, 2.45) is 0 Å². The van der Waals surface area contributed by atoms with Gasteiger partial charge in [-0.05, 0) is 61.2 Å². The summed E-state index contributed by atoms with van der Waals surface area (Å²) >= 11 is 1.41.